The van der Waals surface area contributed by atoms with Gasteiger partial charge in [-0.1, -0.05) is 62.7 Å². The van der Waals surface area contributed by atoms with Crippen LogP contribution < -0.4 is 5.32 Å². The van der Waals surface area contributed by atoms with Gasteiger partial charge < -0.3 is 5.32 Å². The highest BCUT2D eigenvalue weighted by molar-refractivity contribution is 6.11. The van der Waals surface area contributed by atoms with Gasteiger partial charge in [0.25, 0.3) is 0 Å². The molecule has 0 aliphatic heterocycles. The van der Waals surface area contributed by atoms with Crippen molar-refractivity contribution >= 4 is 27.5 Å². The quantitative estimate of drug-likeness (QED) is 0.485. The molecule has 0 aliphatic rings. The van der Waals surface area contributed by atoms with E-state index in [1.165, 1.54) is 21.7 Å². The highest BCUT2D eigenvalue weighted by atomic mass is 15.0. The van der Waals surface area contributed by atoms with Crippen LogP contribution in [0.15, 0.2) is 55.1 Å². The second kappa shape index (κ2) is 6.04. The van der Waals surface area contributed by atoms with Gasteiger partial charge in [-0.25, -0.2) is 4.98 Å². The number of benzene rings is 2. The number of allylic oxidation sites excluding steroid dienone is 1. The highest BCUT2D eigenvalue weighted by Gasteiger charge is 2.26. The van der Waals surface area contributed by atoms with Gasteiger partial charge in [0.1, 0.15) is 5.82 Å². The van der Waals surface area contributed by atoms with Crippen molar-refractivity contribution in [2.75, 3.05) is 12.4 Å². The second-order valence-electron chi connectivity index (χ2n) is 6.33. The maximum atomic E-state index is 4.85. The Morgan fingerprint density at radius 2 is 1.87 bits per heavy atom. The van der Waals surface area contributed by atoms with Gasteiger partial charge in [0.2, 0.25) is 0 Å². The number of anilines is 1. The molecular formula is C21H24N2. The zero-order valence-corrected chi connectivity index (χ0v) is 14.2. The van der Waals surface area contributed by atoms with Gasteiger partial charge in [0, 0.05) is 23.2 Å². The van der Waals surface area contributed by atoms with Gasteiger partial charge >= 0.3 is 0 Å². The standard InChI is InChI=1S/C21H24N2/c1-5-14-21(3,6-2)17-12-9-11-16-15-10-7-8-13-18(15)23-20(22-4)19(16)17/h6-13H,2,5,14H2,1,3-4H3,(H,22,23). The number of pyridine rings is 1. The van der Waals surface area contributed by atoms with Gasteiger partial charge in [-0.3, -0.25) is 0 Å². The maximum Gasteiger partial charge on any atom is 0.134 e. The summed E-state index contributed by atoms with van der Waals surface area (Å²) in [4.78, 5) is 4.85. The predicted molar refractivity (Wildman–Crippen MR) is 101 cm³/mol. The third kappa shape index (κ3) is 2.48. The van der Waals surface area contributed by atoms with E-state index in [0.29, 0.717) is 0 Å². The van der Waals surface area contributed by atoms with E-state index in [4.69, 9.17) is 4.98 Å². The molecule has 2 aromatic carbocycles. The molecule has 0 bridgehead atoms. The summed E-state index contributed by atoms with van der Waals surface area (Å²) in [5.41, 5.74) is 2.27. The molecule has 3 aromatic rings. The molecule has 1 heterocycles. The van der Waals surface area contributed by atoms with Crippen LogP contribution in [0.2, 0.25) is 0 Å². The van der Waals surface area contributed by atoms with Gasteiger partial charge in [0.05, 0.1) is 5.52 Å². The Labute approximate surface area is 138 Å². The Morgan fingerprint density at radius 3 is 2.57 bits per heavy atom. The monoisotopic (exact) mass is 304 g/mol. The minimum Gasteiger partial charge on any atom is -0.373 e. The molecule has 0 saturated carbocycles. The zero-order valence-electron chi connectivity index (χ0n) is 14.2. The fraction of sp³-hybridized carbons (Fsp3) is 0.286. The first-order valence-corrected chi connectivity index (χ1v) is 8.28. The van der Waals surface area contributed by atoms with Crippen LogP contribution in [0.4, 0.5) is 5.82 Å². The lowest BCUT2D eigenvalue weighted by molar-refractivity contribution is 0.536. The van der Waals surface area contributed by atoms with Crippen molar-refractivity contribution in [3.8, 4) is 0 Å². The van der Waals surface area contributed by atoms with Crippen molar-refractivity contribution in [1.29, 1.82) is 0 Å². The van der Waals surface area contributed by atoms with Crippen molar-refractivity contribution in [1.82, 2.24) is 4.98 Å². The summed E-state index contributed by atoms with van der Waals surface area (Å²) in [6.45, 7) is 8.60. The minimum absolute atomic E-state index is 0.0516. The molecule has 0 aliphatic carbocycles. The molecule has 23 heavy (non-hydrogen) atoms. The minimum atomic E-state index is -0.0516. The normalized spacial score (nSPS) is 13.9. The van der Waals surface area contributed by atoms with Crippen LogP contribution >= 0.6 is 0 Å². The summed E-state index contributed by atoms with van der Waals surface area (Å²) >= 11 is 0. The lowest BCUT2D eigenvalue weighted by atomic mass is 9.76. The summed E-state index contributed by atoms with van der Waals surface area (Å²) < 4.78 is 0. The van der Waals surface area contributed by atoms with E-state index in [2.05, 4.69) is 68.2 Å². The molecule has 1 unspecified atom stereocenters. The number of nitrogens with zero attached hydrogens (tertiary/aromatic N) is 1. The van der Waals surface area contributed by atoms with Gasteiger partial charge in [-0.05, 0) is 23.4 Å². The first kappa shape index (κ1) is 15.5. The molecular weight excluding hydrogens is 280 g/mol. The fourth-order valence-corrected chi connectivity index (χ4v) is 3.53. The summed E-state index contributed by atoms with van der Waals surface area (Å²) in [6.07, 6.45) is 4.28. The molecule has 2 heteroatoms. The third-order valence-electron chi connectivity index (χ3n) is 4.80. The van der Waals surface area contributed by atoms with Crippen LogP contribution in [0.1, 0.15) is 32.3 Å². The average molecular weight is 304 g/mol. The molecule has 0 spiro atoms. The first-order chi connectivity index (χ1) is 11.1. The number of hydrogen-bond acceptors (Lipinski definition) is 2. The summed E-state index contributed by atoms with van der Waals surface area (Å²) in [5.74, 6) is 0.943. The van der Waals surface area contributed by atoms with Gasteiger partial charge in [0.15, 0.2) is 0 Å². The van der Waals surface area contributed by atoms with Crippen LogP contribution in [0.25, 0.3) is 21.7 Å². The molecule has 0 saturated heterocycles. The lowest BCUT2D eigenvalue weighted by Crippen LogP contribution is -2.19. The van der Waals surface area contributed by atoms with E-state index >= 15 is 0 Å². The molecule has 1 atom stereocenters. The lowest BCUT2D eigenvalue weighted by Gasteiger charge is -2.28. The molecule has 2 nitrogen and oxygen atoms in total. The Hall–Kier alpha value is -2.35. The average Bonchev–Trinajstić information content (AvgIpc) is 2.60. The zero-order chi connectivity index (χ0) is 16.4. The maximum absolute atomic E-state index is 4.85. The Balaban J connectivity index is 2.45. The fourth-order valence-electron chi connectivity index (χ4n) is 3.53. The largest absolute Gasteiger partial charge is 0.373 e. The Kier molecular flexibility index (Phi) is 4.08. The van der Waals surface area contributed by atoms with Crippen molar-refractivity contribution in [3.63, 3.8) is 0 Å². The van der Waals surface area contributed by atoms with E-state index in [9.17, 15) is 0 Å². The van der Waals surface area contributed by atoms with E-state index in [1.807, 2.05) is 13.1 Å². The van der Waals surface area contributed by atoms with Crippen LogP contribution in [0.5, 0.6) is 0 Å². The number of aromatic nitrogens is 1. The number of rotatable bonds is 5. The summed E-state index contributed by atoms with van der Waals surface area (Å²) in [6, 6.07) is 14.9. The number of para-hydroxylation sites is 1. The highest BCUT2D eigenvalue weighted by Crippen LogP contribution is 2.40. The molecule has 0 amide bonds. The second-order valence-corrected chi connectivity index (χ2v) is 6.33. The van der Waals surface area contributed by atoms with Crippen molar-refractivity contribution in [2.24, 2.45) is 0 Å². The van der Waals surface area contributed by atoms with E-state index < -0.39 is 0 Å². The van der Waals surface area contributed by atoms with Gasteiger partial charge in [-0.15, -0.1) is 6.58 Å². The summed E-state index contributed by atoms with van der Waals surface area (Å²) in [7, 11) is 1.94. The molecule has 0 fully saturated rings. The molecule has 1 aromatic heterocycles. The van der Waals surface area contributed by atoms with Gasteiger partial charge in [-0.2, -0.15) is 0 Å². The van der Waals surface area contributed by atoms with Crippen LogP contribution in [-0.2, 0) is 5.41 Å². The molecule has 3 rings (SSSR count). The van der Waals surface area contributed by atoms with Crippen molar-refractivity contribution in [2.45, 2.75) is 32.1 Å². The van der Waals surface area contributed by atoms with Crippen LogP contribution in [0, 0.1) is 0 Å². The smallest absolute Gasteiger partial charge is 0.134 e. The molecule has 1 N–H and O–H groups in total. The van der Waals surface area contributed by atoms with E-state index in [1.54, 1.807) is 0 Å². The third-order valence-corrected chi connectivity index (χ3v) is 4.80. The summed E-state index contributed by atoms with van der Waals surface area (Å²) in [5, 5.41) is 6.96. The number of hydrogen-bond donors (Lipinski definition) is 1. The number of nitrogens with one attached hydrogen (secondary N) is 1. The molecule has 118 valence electrons. The van der Waals surface area contributed by atoms with Crippen molar-refractivity contribution < 1.29 is 0 Å². The SMILES string of the molecule is C=CC(C)(CCC)c1cccc2c1c(NC)nc1ccccc12. The Bertz CT molecular complexity index is 866. The van der Waals surface area contributed by atoms with Crippen LogP contribution in [0.3, 0.4) is 0 Å². The molecule has 0 radical (unpaired) electrons. The van der Waals surface area contributed by atoms with Crippen molar-refractivity contribution in [3.05, 3.63) is 60.7 Å². The van der Waals surface area contributed by atoms with E-state index in [-0.39, 0.29) is 5.41 Å². The topological polar surface area (TPSA) is 24.9 Å². The van der Waals surface area contributed by atoms with E-state index in [0.717, 1.165) is 24.2 Å². The first-order valence-electron chi connectivity index (χ1n) is 8.28. The number of fused-ring (bicyclic) bond motifs is 3. The Morgan fingerprint density at radius 1 is 1.13 bits per heavy atom. The van der Waals surface area contributed by atoms with Crippen LogP contribution in [-0.4, -0.2) is 12.0 Å². The predicted octanol–water partition coefficient (Wildman–Crippen LogP) is 5.67.